The third kappa shape index (κ3) is 3.74. The van der Waals surface area contributed by atoms with Gasteiger partial charge in [-0.1, -0.05) is 25.1 Å². The summed E-state index contributed by atoms with van der Waals surface area (Å²) in [4.78, 5) is 18.5. The molecular formula is C21H28N4O4. The molecule has 2 aliphatic rings. The predicted molar refractivity (Wildman–Crippen MR) is 107 cm³/mol. The van der Waals surface area contributed by atoms with E-state index in [1.165, 1.54) is 0 Å². The van der Waals surface area contributed by atoms with Crippen LogP contribution in [0.3, 0.4) is 0 Å². The monoisotopic (exact) mass is 400 g/mol. The lowest BCUT2D eigenvalue weighted by Gasteiger charge is -2.53. The van der Waals surface area contributed by atoms with Gasteiger partial charge in [0.15, 0.2) is 0 Å². The number of hydrogen-bond acceptors (Lipinski definition) is 7. The van der Waals surface area contributed by atoms with Gasteiger partial charge in [-0.3, -0.25) is 4.79 Å². The Morgan fingerprint density at radius 2 is 2.00 bits per heavy atom. The van der Waals surface area contributed by atoms with E-state index in [0.717, 1.165) is 5.56 Å². The molecule has 8 heteroatoms. The van der Waals surface area contributed by atoms with Crippen molar-refractivity contribution in [3.63, 3.8) is 0 Å². The fourth-order valence-electron chi connectivity index (χ4n) is 4.35. The summed E-state index contributed by atoms with van der Waals surface area (Å²) in [6, 6.07) is 9.66. The quantitative estimate of drug-likeness (QED) is 0.811. The van der Waals surface area contributed by atoms with Gasteiger partial charge >= 0.3 is 0 Å². The first-order valence-electron chi connectivity index (χ1n) is 10.2. The van der Waals surface area contributed by atoms with E-state index in [1.807, 2.05) is 49.1 Å². The van der Waals surface area contributed by atoms with Gasteiger partial charge in [-0.05, 0) is 43.5 Å². The Balaban J connectivity index is 1.45. The Morgan fingerprint density at radius 1 is 1.28 bits per heavy atom. The van der Waals surface area contributed by atoms with Gasteiger partial charge in [0.05, 0.1) is 11.1 Å². The molecular weight excluding hydrogens is 372 g/mol. The van der Waals surface area contributed by atoms with Crippen LogP contribution in [0.25, 0.3) is 11.5 Å². The Hall–Kier alpha value is -2.45. The normalized spacial score (nSPS) is 26.4. The second-order valence-electron chi connectivity index (χ2n) is 8.14. The minimum absolute atomic E-state index is 0.0544. The summed E-state index contributed by atoms with van der Waals surface area (Å²) in [6.45, 7) is 5.52. The number of benzene rings is 1. The highest BCUT2D eigenvalue weighted by molar-refractivity contribution is 5.76. The van der Waals surface area contributed by atoms with E-state index in [1.54, 1.807) is 0 Å². The summed E-state index contributed by atoms with van der Waals surface area (Å²) in [5.41, 5.74) is -0.468. The lowest BCUT2D eigenvalue weighted by Crippen LogP contribution is -2.69. The molecule has 2 atom stereocenters. The zero-order valence-corrected chi connectivity index (χ0v) is 16.9. The molecule has 0 unspecified atom stereocenters. The minimum Gasteiger partial charge on any atom is -0.388 e. The number of carbonyl (C=O) groups excluding carboxylic acids is 1. The van der Waals surface area contributed by atoms with Gasteiger partial charge in [-0.2, -0.15) is 4.98 Å². The highest BCUT2D eigenvalue weighted by Crippen LogP contribution is 2.40. The van der Waals surface area contributed by atoms with E-state index < -0.39 is 17.2 Å². The fraction of sp³-hybridized carbons (Fsp3) is 0.571. The number of rotatable bonds is 4. The van der Waals surface area contributed by atoms with Gasteiger partial charge in [0, 0.05) is 31.7 Å². The summed E-state index contributed by atoms with van der Waals surface area (Å²) < 4.78 is 11.5. The van der Waals surface area contributed by atoms with Gasteiger partial charge in [0.25, 0.3) is 11.8 Å². The number of hydrogen-bond donors (Lipinski definition) is 2. The number of piperidine rings is 1. The van der Waals surface area contributed by atoms with Crippen molar-refractivity contribution in [2.45, 2.75) is 56.8 Å². The van der Waals surface area contributed by atoms with Crippen molar-refractivity contribution in [3.05, 3.63) is 30.3 Å². The van der Waals surface area contributed by atoms with Crippen molar-refractivity contribution < 1.29 is 19.2 Å². The van der Waals surface area contributed by atoms with Gasteiger partial charge in [-0.15, -0.1) is 0 Å². The average Bonchev–Trinajstić information content (AvgIpc) is 3.23. The molecule has 2 N–H and O–H groups in total. The number of anilines is 1. The molecule has 1 amide bonds. The van der Waals surface area contributed by atoms with Crippen LogP contribution < -0.4 is 10.2 Å². The first kappa shape index (κ1) is 19.8. The molecule has 2 aliphatic heterocycles. The number of ether oxygens (including phenoxy) is 1. The first-order valence-corrected chi connectivity index (χ1v) is 10.2. The summed E-state index contributed by atoms with van der Waals surface area (Å²) in [5, 5.41) is 18.3. The maximum Gasteiger partial charge on any atom is 0.266 e. The van der Waals surface area contributed by atoms with Crippen LogP contribution in [0.1, 0.15) is 39.5 Å². The molecule has 0 aliphatic carbocycles. The maximum absolute atomic E-state index is 12.0. The van der Waals surface area contributed by atoms with Crippen LogP contribution >= 0.6 is 0 Å². The molecule has 29 heavy (non-hydrogen) atoms. The lowest BCUT2D eigenvalue weighted by atomic mass is 9.73. The van der Waals surface area contributed by atoms with E-state index in [9.17, 15) is 9.90 Å². The second kappa shape index (κ2) is 7.76. The van der Waals surface area contributed by atoms with Gasteiger partial charge in [-0.25, -0.2) is 0 Å². The zero-order chi connectivity index (χ0) is 20.5. The van der Waals surface area contributed by atoms with Crippen molar-refractivity contribution in [1.29, 1.82) is 0 Å². The number of aliphatic hydroxyl groups is 1. The molecule has 0 saturated carbocycles. The van der Waals surface area contributed by atoms with Crippen molar-refractivity contribution in [3.8, 4) is 11.5 Å². The number of nitrogens with zero attached hydrogens (tertiary/aromatic N) is 3. The Morgan fingerprint density at radius 3 is 2.69 bits per heavy atom. The minimum atomic E-state index is -0.772. The van der Waals surface area contributed by atoms with Crippen LogP contribution in [0.4, 0.5) is 5.95 Å². The molecule has 2 aromatic rings. The van der Waals surface area contributed by atoms with Crippen molar-refractivity contribution in [2.75, 3.05) is 24.6 Å². The fourth-order valence-corrected chi connectivity index (χ4v) is 4.35. The smallest absolute Gasteiger partial charge is 0.266 e. The molecule has 2 saturated heterocycles. The van der Waals surface area contributed by atoms with Crippen LogP contribution in [0, 0.1) is 0 Å². The van der Waals surface area contributed by atoms with E-state index in [-0.39, 0.29) is 5.91 Å². The number of amides is 1. The van der Waals surface area contributed by atoms with E-state index in [4.69, 9.17) is 9.26 Å². The standard InChI is InChI=1S/C21H28N4O4/c1-3-16(26)23-20(2)11-14-28-21(18(20)27)9-12-25(13-10-21)19-22-17(29-24-19)15-7-5-4-6-8-15/h4-8,18,27H,3,9-14H2,1-2H3,(H,23,26)/t18-,20+/m1/s1. The van der Waals surface area contributed by atoms with Crippen molar-refractivity contribution in [1.82, 2.24) is 15.5 Å². The van der Waals surface area contributed by atoms with Gasteiger partial charge in [0.2, 0.25) is 5.91 Å². The highest BCUT2D eigenvalue weighted by Gasteiger charge is 2.54. The topological polar surface area (TPSA) is 101 Å². The highest BCUT2D eigenvalue weighted by atomic mass is 16.5. The molecule has 0 radical (unpaired) electrons. The van der Waals surface area contributed by atoms with Crippen LogP contribution in [0.5, 0.6) is 0 Å². The lowest BCUT2D eigenvalue weighted by molar-refractivity contribution is -0.198. The predicted octanol–water partition coefficient (Wildman–Crippen LogP) is 2.14. The number of aromatic nitrogens is 2. The summed E-state index contributed by atoms with van der Waals surface area (Å²) in [7, 11) is 0. The van der Waals surface area contributed by atoms with E-state index >= 15 is 0 Å². The Labute approximate surface area is 170 Å². The van der Waals surface area contributed by atoms with Crippen LogP contribution in [-0.4, -0.2) is 58.1 Å². The number of nitrogens with one attached hydrogen (secondary N) is 1. The largest absolute Gasteiger partial charge is 0.388 e. The van der Waals surface area contributed by atoms with Crippen molar-refractivity contribution >= 4 is 11.9 Å². The van der Waals surface area contributed by atoms with Crippen LogP contribution in [-0.2, 0) is 9.53 Å². The first-order chi connectivity index (χ1) is 14.0. The molecule has 1 aromatic heterocycles. The molecule has 3 heterocycles. The number of carbonyl (C=O) groups is 1. The summed E-state index contributed by atoms with van der Waals surface area (Å²) in [6.07, 6.45) is 1.47. The third-order valence-electron chi connectivity index (χ3n) is 6.19. The third-order valence-corrected chi connectivity index (χ3v) is 6.19. The Bertz CT molecular complexity index is 847. The maximum atomic E-state index is 12.0. The van der Waals surface area contributed by atoms with Crippen LogP contribution in [0.15, 0.2) is 34.9 Å². The summed E-state index contributed by atoms with van der Waals surface area (Å²) >= 11 is 0. The van der Waals surface area contributed by atoms with Crippen molar-refractivity contribution in [2.24, 2.45) is 0 Å². The molecule has 2 fully saturated rings. The molecule has 8 nitrogen and oxygen atoms in total. The van der Waals surface area contributed by atoms with E-state index in [0.29, 0.717) is 57.2 Å². The molecule has 1 spiro atoms. The van der Waals surface area contributed by atoms with Gasteiger partial charge < -0.3 is 24.6 Å². The number of aliphatic hydroxyl groups excluding tert-OH is 1. The average molecular weight is 400 g/mol. The summed E-state index contributed by atoms with van der Waals surface area (Å²) in [5.74, 6) is 0.983. The van der Waals surface area contributed by atoms with E-state index in [2.05, 4.69) is 15.5 Å². The Kier molecular flexibility index (Phi) is 5.31. The molecule has 4 rings (SSSR count). The molecule has 1 aromatic carbocycles. The second-order valence-corrected chi connectivity index (χ2v) is 8.14. The van der Waals surface area contributed by atoms with Gasteiger partial charge in [0.1, 0.15) is 6.10 Å². The molecule has 0 bridgehead atoms. The molecule has 156 valence electrons. The zero-order valence-electron chi connectivity index (χ0n) is 16.9. The van der Waals surface area contributed by atoms with Crippen LogP contribution in [0.2, 0.25) is 0 Å². The SMILES string of the molecule is CCC(=O)N[C@@]1(C)CCOC2(CCN(c3noc(-c4ccccc4)n3)CC2)[C@@H]1O.